The largest absolute Gasteiger partial charge is 0.497 e. The molecule has 0 aromatic heterocycles. The van der Waals surface area contributed by atoms with E-state index in [0.29, 0.717) is 17.2 Å². The minimum atomic E-state index is -0.713. The van der Waals surface area contributed by atoms with E-state index < -0.39 is 6.04 Å². The number of amides is 2. The van der Waals surface area contributed by atoms with Gasteiger partial charge in [0.05, 0.1) is 19.9 Å². The van der Waals surface area contributed by atoms with E-state index >= 15 is 0 Å². The van der Waals surface area contributed by atoms with E-state index in [1.807, 2.05) is 30.3 Å². The summed E-state index contributed by atoms with van der Waals surface area (Å²) >= 11 is 0. The van der Waals surface area contributed by atoms with Crippen molar-refractivity contribution in [2.24, 2.45) is 0 Å². The molecule has 6 nitrogen and oxygen atoms in total. The van der Waals surface area contributed by atoms with Crippen molar-refractivity contribution in [3.05, 3.63) is 60.2 Å². The summed E-state index contributed by atoms with van der Waals surface area (Å²) in [4.78, 5) is 24.3. The van der Waals surface area contributed by atoms with Crippen molar-refractivity contribution in [2.75, 3.05) is 19.5 Å². The smallest absolute Gasteiger partial charge is 0.246 e. The number of carbonyl (C=O) groups is 2. The van der Waals surface area contributed by atoms with Crippen molar-refractivity contribution < 1.29 is 19.1 Å². The van der Waals surface area contributed by atoms with Gasteiger partial charge in [-0.15, -0.1) is 0 Å². The summed E-state index contributed by atoms with van der Waals surface area (Å²) in [7, 11) is 3.05. The Morgan fingerprint density at radius 3 is 2.42 bits per heavy atom. The van der Waals surface area contributed by atoms with E-state index in [1.165, 1.54) is 13.2 Å². The Balaban J connectivity index is 1.95. The van der Waals surface area contributed by atoms with E-state index in [0.717, 1.165) is 5.56 Å². The molecule has 2 rings (SSSR count). The van der Waals surface area contributed by atoms with Crippen LogP contribution < -0.4 is 20.1 Å². The number of hydrogen-bond donors (Lipinski definition) is 2. The Bertz CT molecular complexity index is 788. The van der Waals surface area contributed by atoms with Crippen LogP contribution in [0.5, 0.6) is 11.5 Å². The summed E-state index contributed by atoms with van der Waals surface area (Å²) in [5.41, 5.74) is 1.40. The lowest BCUT2D eigenvalue weighted by Gasteiger charge is -2.15. The van der Waals surface area contributed by atoms with Crippen molar-refractivity contribution in [3.8, 4) is 11.5 Å². The van der Waals surface area contributed by atoms with Crippen LogP contribution in [0.15, 0.2) is 54.6 Å². The molecule has 26 heavy (non-hydrogen) atoms. The molecule has 0 aliphatic heterocycles. The van der Waals surface area contributed by atoms with Crippen LogP contribution >= 0.6 is 0 Å². The average molecular weight is 354 g/mol. The number of nitrogens with one attached hydrogen (secondary N) is 2. The second-order valence-corrected chi connectivity index (χ2v) is 5.53. The van der Waals surface area contributed by atoms with Gasteiger partial charge in [0.25, 0.3) is 0 Å². The number of anilines is 1. The van der Waals surface area contributed by atoms with Gasteiger partial charge >= 0.3 is 0 Å². The summed E-state index contributed by atoms with van der Waals surface area (Å²) in [6, 6.07) is 13.8. The Morgan fingerprint density at radius 1 is 1.04 bits per heavy atom. The number of hydrogen-bond acceptors (Lipinski definition) is 4. The van der Waals surface area contributed by atoms with Gasteiger partial charge in [-0.25, -0.2) is 0 Å². The number of benzene rings is 2. The Hall–Kier alpha value is -3.28. The Kier molecular flexibility index (Phi) is 6.79. The molecule has 6 heteroatoms. The van der Waals surface area contributed by atoms with E-state index in [9.17, 15) is 9.59 Å². The lowest BCUT2D eigenvalue weighted by Crippen LogP contribution is -2.40. The van der Waals surface area contributed by atoms with Crippen LogP contribution in [0.25, 0.3) is 6.08 Å². The third-order valence-corrected chi connectivity index (χ3v) is 3.65. The van der Waals surface area contributed by atoms with Gasteiger partial charge in [-0.3, -0.25) is 9.59 Å². The van der Waals surface area contributed by atoms with Gasteiger partial charge in [-0.05, 0) is 30.7 Å². The standard InChI is InChI=1S/C20H22N2O4/c1-14(21-19(23)12-9-15-7-5-4-6-8-15)20(24)22-17-11-10-16(25-2)13-18(17)26-3/h4-14H,1-3H3,(H,21,23)(H,22,24)/b12-9+. The fourth-order valence-electron chi connectivity index (χ4n) is 2.21. The van der Waals surface area contributed by atoms with Crippen LogP contribution in [-0.4, -0.2) is 32.1 Å². The minimum Gasteiger partial charge on any atom is -0.497 e. The van der Waals surface area contributed by atoms with Crippen LogP contribution in [0, 0.1) is 0 Å². The molecule has 0 fully saturated rings. The first-order valence-electron chi connectivity index (χ1n) is 8.10. The van der Waals surface area contributed by atoms with Crippen LogP contribution in [0.4, 0.5) is 5.69 Å². The highest BCUT2D eigenvalue weighted by atomic mass is 16.5. The molecule has 0 saturated carbocycles. The van der Waals surface area contributed by atoms with Gasteiger partial charge in [0.2, 0.25) is 11.8 Å². The van der Waals surface area contributed by atoms with Gasteiger partial charge in [-0.2, -0.15) is 0 Å². The topological polar surface area (TPSA) is 76.7 Å². The molecule has 2 aromatic carbocycles. The molecule has 2 amide bonds. The van der Waals surface area contributed by atoms with Crippen LogP contribution in [-0.2, 0) is 9.59 Å². The number of ether oxygens (including phenoxy) is 2. The molecule has 136 valence electrons. The molecule has 0 spiro atoms. The van der Waals surface area contributed by atoms with Gasteiger partial charge in [0.15, 0.2) is 0 Å². The second kappa shape index (κ2) is 9.27. The molecular formula is C20H22N2O4. The van der Waals surface area contributed by atoms with Crippen molar-refractivity contribution in [3.63, 3.8) is 0 Å². The highest BCUT2D eigenvalue weighted by molar-refractivity contribution is 6.00. The fraction of sp³-hybridized carbons (Fsp3) is 0.200. The predicted molar refractivity (Wildman–Crippen MR) is 101 cm³/mol. The van der Waals surface area contributed by atoms with Crippen LogP contribution in [0.3, 0.4) is 0 Å². The maximum atomic E-state index is 12.3. The molecule has 0 bridgehead atoms. The molecule has 0 aliphatic carbocycles. The van der Waals surface area contributed by atoms with Crippen molar-refractivity contribution in [1.29, 1.82) is 0 Å². The normalized spacial score (nSPS) is 11.7. The van der Waals surface area contributed by atoms with Crippen molar-refractivity contribution >= 4 is 23.6 Å². The van der Waals surface area contributed by atoms with E-state index in [4.69, 9.17) is 9.47 Å². The lowest BCUT2D eigenvalue weighted by atomic mass is 10.2. The lowest BCUT2D eigenvalue weighted by molar-refractivity contribution is -0.123. The number of carbonyl (C=O) groups excluding carboxylic acids is 2. The van der Waals surface area contributed by atoms with Gasteiger partial charge in [0.1, 0.15) is 17.5 Å². The zero-order valence-corrected chi connectivity index (χ0v) is 15.0. The second-order valence-electron chi connectivity index (χ2n) is 5.53. The molecule has 1 unspecified atom stereocenters. The Morgan fingerprint density at radius 2 is 1.77 bits per heavy atom. The first-order chi connectivity index (χ1) is 12.5. The number of methoxy groups -OCH3 is 2. The third-order valence-electron chi connectivity index (χ3n) is 3.65. The monoisotopic (exact) mass is 354 g/mol. The maximum absolute atomic E-state index is 12.3. The van der Waals surface area contributed by atoms with Gasteiger partial charge in [-0.1, -0.05) is 30.3 Å². The van der Waals surface area contributed by atoms with Crippen molar-refractivity contribution in [1.82, 2.24) is 5.32 Å². The zero-order chi connectivity index (χ0) is 18.9. The third kappa shape index (κ3) is 5.37. The summed E-state index contributed by atoms with van der Waals surface area (Å²) in [5, 5.41) is 5.36. The van der Waals surface area contributed by atoms with Crippen molar-refractivity contribution in [2.45, 2.75) is 13.0 Å². The predicted octanol–water partition coefficient (Wildman–Crippen LogP) is 2.86. The quantitative estimate of drug-likeness (QED) is 0.750. The fourth-order valence-corrected chi connectivity index (χ4v) is 2.21. The van der Waals surface area contributed by atoms with E-state index in [-0.39, 0.29) is 11.8 Å². The molecule has 0 saturated heterocycles. The maximum Gasteiger partial charge on any atom is 0.246 e. The average Bonchev–Trinajstić information content (AvgIpc) is 2.67. The molecular weight excluding hydrogens is 332 g/mol. The number of rotatable bonds is 7. The summed E-state index contributed by atoms with van der Waals surface area (Å²) in [5.74, 6) is 0.389. The first kappa shape index (κ1) is 19.1. The highest BCUT2D eigenvalue weighted by Gasteiger charge is 2.16. The summed E-state index contributed by atoms with van der Waals surface area (Å²) < 4.78 is 10.4. The molecule has 0 radical (unpaired) electrons. The molecule has 2 N–H and O–H groups in total. The molecule has 1 atom stereocenters. The SMILES string of the molecule is COc1ccc(NC(=O)C(C)NC(=O)/C=C/c2ccccc2)c(OC)c1. The van der Waals surface area contributed by atoms with Crippen LogP contribution in [0.1, 0.15) is 12.5 Å². The molecule has 0 heterocycles. The first-order valence-corrected chi connectivity index (χ1v) is 8.10. The van der Waals surface area contributed by atoms with Crippen LogP contribution in [0.2, 0.25) is 0 Å². The minimum absolute atomic E-state index is 0.349. The summed E-state index contributed by atoms with van der Waals surface area (Å²) in [6.07, 6.45) is 3.08. The van der Waals surface area contributed by atoms with Gasteiger partial charge < -0.3 is 20.1 Å². The zero-order valence-electron chi connectivity index (χ0n) is 15.0. The van der Waals surface area contributed by atoms with E-state index in [1.54, 1.807) is 38.3 Å². The molecule has 0 aliphatic rings. The molecule has 2 aromatic rings. The summed E-state index contributed by atoms with van der Waals surface area (Å²) in [6.45, 7) is 1.61. The van der Waals surface area contributed by atoms with Gasteiger partial charge in [0, 0.05) is 12.1 Å². The Labute approximate surface area is 152 Å². The van der Waals surface area contributed by atoms with E-state index in [2.05, 4.69) is 10.6 Å². The highest BCUT2D eigenvalue weighted by Crippen LogP contribution is 2.29.